The van der Waals surface area contributed by atoms with Gasteiger partial charge in [-0.05, 0) is 62.3 Å². The summed E-state index contributed by atoms with van der Waals surface area (Å²) in [6.45, 7) is 7.37. The molecule has 0 amide bonds. The van der Waals surface area contributed by atoms with Crippen molar-refractivity contribution in [3.63, 3.8) is 0 Å². The van der Waals surface area contributed by atoms with E-state index in [1.807, 2.05) is 24.3 Å². The van der Waals surface area contributed by atoms with Crippen molar-refractivity contribution >= 4 is 0 Å². The summed E-state index contributed by atoms with van der Waals surface area (Å²) in [7, 11) is 4.43. The first-order chi connectivity index (χ1) is 12.0. The average molecular weight is 339 g/mol. The highest BCUT2D eigenvalue weighted by Crippen LogP contribution is 2.30. The van der Waals surface area contributed by atoms with E-state index in [1.54, 1.807) is 6.20 Å². The molecular formula is C21H29N3O. The summed E-state index contributed by atoms with van der Waals surface area (Å²) in [5.74, 6) is 0.906. The van der Waals surface area contributed by atoms with Crippen LogP contribution in [-0.4, -0.2) is 48.5 Å². The first-order valence-corrected chi connectivity index (χ1v) is 9.01. The van der Waals surface area contributed by atoms with E-state index < -0.39 is 0 Å². The van der Waals surface area contributed by atoms with Gasteiger partial charge in [0, 0.05) is 25.8 Å². The number of aromatic nitrogens is 1. The van der Waals surface area contributed by atoms with Crippen LogP contribution in [-0.2, 0) is 13.2 Å². The molecule has 134 valence electrons. The van der Waals surface area contributed by atoms with Gasteiger partial charge in [-0.3, -0.25) is 4.98 Å². The topological polar surface area (TPSA) is 28.6 Å². The third kappa shape index (κ3) is 5.28. The van der Waals surface area contributed by atoms with Gasteiger partial charge in [-0.25, -0.2) is 0 Å². The molecule has 0 unspecified atom stereocenters. The van der Waals surface area contributed by atoms with E-state index >= 15 is 0 Å². The molecule has 3 rings (SSSR count). The molecule has 1 aliphatic heterocycles. The van der Waals surface area contributed by atoms with Crippen molar-refractivity contribution < 1.29 is 4.74 Å². The minimum absolute atomic E-state index is 0.399. The number of rotatable bonds is 7. The van der Waals surface area contributed by atoms with Crippen LogP contribution in [0.15, 0.2) is 48.7 Å². The van der Waals surface area contributed by atoms with E-state index in [2.05, 4.69) is 54.0 Å². The maximum atomic E-state index is 5.89. The van der Waals surface area contributed by atoms with Gasteiger partial charge in [0.05, 0.1) is 5.69 Å². The third-order valence-electron chi connectivity index (χ3n) is 4.86. The molecule has 4 heteroatoms. The zero-order valence-corrected chi connectivity index (χ0v) is 15.6. The van der Waals surface area contributed by atoms with Gasteiger partial charge >= 0.3 is 0 Å². The predicted octanol–water partition coefficient (Wildman–Crippen LogP) is 3.43. The summed E-state index contributed by atoms with van der Waals surface area (Å²) in [6, 6.07) is 14.3. The zero-order valence-electron chi connectivity index (χ0n) is 15.6. The Morgan fingerprint density at radius 3 is 2.84 bits per heavy atom. The number of hydrogen-bond acceptors (Lipinski definition) is 4. The van der Waals surface area contributed by atoms with Crippen molar-refractivity contribution in [2.24, 2.45) is 5.41 Å². The fourth-order valence-corrected chi connectivity index (χ4v) is 3.79. The van der Waals surface area contributed by atoms with Crippen molar-refractivity contribution in [2.45, 2.75) is 26.5 Å². The van der Waals surface area contributed by atoms with Crippen LogP contribution in [0.5, 0.6) is 5.75 Å². The van der Waals surface area contributed by atoms with Gasteiger partial charge in [-0.1, -0.05) is 25.1 Å². The lowest BCUT2D eigenvalue weighted by Crippen LogP contribution is -2.35. The minimum atomic E-state index is 0.399. The number of pyridine rings is 1. The summed E-state index contributed by atoms with van der Waals surface area (Å²) in [6.07, 6.45) is 3.08. The van der Waals surface area contributed by atoms with E-state index in [0.29, 0.717) is 12.0 Å². The minimum Gasteiger partial charge on any atom is -0.487 e. The Labute approximate surface area is 151 Å². The van der Waals surface area contributed by atoms with Crippen LogP contribution >= 0.6 is 0 Å². The van der Waals surface area contributed by atoms with Gasteiger partial charge in [0.25, 0.3) is 0 Å². The standard InChI is InChI=1S/C21H29N3O/c1-21(10-12-23(2)16-21)17-24(3)14-18-7-6-9-20(13-18)25-15-19-8-4-5-11-22-19/h4-9,11,13H,10,12,14-17H2,1-3H3/t21-/m0/s1. The normalized spacial score (nSPS) is 21.0. The molecule has 2 heterocycles. The predicted molar refractivity (Wildman–Crippen MR) is 102 cm³/mol. The number of likely N-dealkylation sites (tertiary alicyclic amines) is 1. The SMILES string of the molecule is CN1CC[C@](C)(CN(C)Cc2cccc(OCc3ccccn3)c2)C1. The Kier molecular flexibility index (Phi) is 5.71. The van der Waals surface area contributed by atoms with Gasteiger partial charge in [-0.2, -0.15) is 0 Å². The smallest absolute Gasteiger partial charge is 0.130 e. The quantitative estimate of drug-likeness (QED) is 0.773. The average Bonchev–Trinajstić information content (AvgIpc) is 2.92. The summed E-state index contributed by atoms with van der Waals surface area (Å²) >= 11 is 0. The van der Waals surface area contributed by atoms with Crippen LogP contribution in [0.4, 0.5) is 0 Å². The largest absolute Gasteiger partial charge is 0.487 e. The van der Waals surface area contributed by atoms with Gasteiger partial charge in [0.2, 0.25) is 0 Å². The fraction of sp³-hybridized carbons (Fsp3) is 0.476. The van der Waals surface area contributed by atoms with Gasteiger partial charge < -0.3 is 14.5 Å². The number of hydrogen-bond donors (Lipinski definition) is 0. The lowest BCUT2D eigenvalue weighted by atomic mass is 9.89. The Morgan fingerprint density at radius 1 is 1.24 bits per heavy atom. The molecule has 0 spiro atoms. The molecule has 1 aromatic heterocycles. The highest BCUT2D eigenvalue weighted by Gasteiger charge is 2.32. The van der Waals surface area contributed by atoms with E-state index in [-0.39, 0.29) is 0 Å². The van der Waals surface area contributed by atoms with Crippen LogP contribution in [0, 0.1) is 5.41 Å². The lowest BCUT2D eigenvalue weighted by molar-refractivity contribution is 0.190. The van der Waals surface area contributed by atoms with Gasteiger partial charge in [0.15, 0.2) is 0 Å². The number of ether oxygens (including phenoxy) is 1. The Bertz CT molecular complexity index is 676. The molecule has 25 heavy (non-hydrogen) atoms. The van der Waals surface area contributed by atoms with E-state index in [9.17, 15) is 0 Å². The third-order valence-corrected chi connectivity index (χ3v) is 4.86. The molecule has 0 N–H and O–H groups in total. The molecule has 0 bridgehead atoms. The van der Waals surface area contributed by atoms with Crippen molar-refractivity contribution in [1.82, 2.24) is 14.8 Å². The van der Waals surface area contributed by atoms with Crippen molar-refractivity contribution in [3.8, 4) is 5.75 Å². The van der Waals surface area contributed by atoms with E-state index in [0.717, 1.165) is 24.5 Å². The van der Waals surface area contributed by atoms with Gasteiger partial charge in [0.1, 0.15) is 12.4 Å². The molecule has 0 radical (unpaired) electrons. The molecule has 4 nitrogen and oxygen atoms in total. The maximum Gasteiger partial charge on any atom is 0.130 e. The van der Waals surface area contributed by atoms with Crippen molar-refractivity contribution in [2.75, 3.05) is 33.7 Å². The molecule has 1 atom stereocenters. The Morgan fingerprint density at radius 2 is 2.12 bits per heavy atom. The monoisotopic (exact) mass is 339 g/mol. The van der Waals surface area contributed by atoms with Crippen LogP contribution in [0.1, 0.15) is 24.6 Å². The van der Waals surface area contributed by atoms with E-state index in [4.69, 9.17) is 4.74 Å². The molecular weight excluding hydrogens is 310 g/mol. The molecule has 0 saturated carbocycles. The Hall–Kier alpha value is -1.91. The second-order valence-corrected chi connectivity index (χ2v) is 7.73. The fourth-order valence-electron chi connectivity index (χ4n) is 3.79. The molecule has 1 saturated heterocycles. The maximum absolute atomic E-state index is 5.89. The molecule has 1 aliphatic rings. The van der Waals surface area contributed by atoms with Crippen LogP contribution in [0.25, 0.3) is 0 Å². The summed E-state index contributed by atoms with van der Waals surface area (Å²) in [5, 5.41) is 0. The summed E-state index contributed by atoms with van der Waals surface area (Å²) in [5.41, 5.74) is 2.63. The summed E-state index contributed by atoms with van der Waals surface area (Å²) in [4.78, 5) is 9.16. The second kappa shape index (κ2) is 7.98. The molecule has 2 aromatic rings. The van der Waals surface area contributed by atoms with Crippen LogP contribution in [0.3, 0.4) is 0 Å². The summed E-state index contributed by atoms with van der Waals surface area (Å²) < 4.78 is 5.89. The lowest BCUT2D eigenvalue weighted by Gasteiger charge is -2.30. The zero-order chi connectivity index (χ0) is 17.7. The van der Waals surface area contributed by atoms with Crippen LogP contribution in [0.2, 0.25) is 0 Å². The number of benzene rings is 1. The van der Waals surface area contributed by atoms with Crippen LogP contribution < -0.4 is 4.74 Å². The second-order valence-electron chi connectivity index (χ2n) is 7.73. The van der Waals surface area contributed by atoms with E-state index in [1.165, 1.54) is 25.1 Å². The molecule has 1 fully saturated rings. The highest BCUT2D eigenvalue weighted by molar-refractivity contribution is 5.28. The van der Waals surface area contributed by atoms with Crippen molar-refractivity contribution in [3.05, 3.63) is 59.9 Å². The first-order valence-electron chi connectivity index (χ1n) is 9.01. The highest BCUT2D eigenvalue weighted by atomic mass is 16.5. The van der Waals surface area contributed by atoms with Gasteiger partial charge in [-0.15, -0.1) is 0 Å². The number of nitrogens with zero attached hydrogens (tertiary/aromatic N) is 3. The molecule has 0 aliphatic carbocycles. The van der Waals surface area contributed by atoms with Crippen molar-refractivity contribution in [1.29, 1.82) is 0 Å². The first kappa shape index (κ1) is 17.9. The Balaban J connectivity index is 1.54. The molecule has 1 aromatic carbocycles.